The normalized spacial score (nSPS) is 10.8. The minimum absolute atomic E-state index is 0.0449. The van der Waals surface area contributed by atoms with Crippen molar-refractivity contribution in [3.05, 3.63) is 48.5 Å². The van der Waals surface area contributed by atoms with Gasteiger partial charge in [0.2, 0.25) is 0 Å². The Hall–Kier alpha value is -2.14. The number of carboxylic acid groups (broad SMARTS) is 1. The molecule has 0 saturated heterocycles. The maximum absolute atomic E-state index is 10.6. The van der Waals surface area contributed by atoms with Crippen molar-refractivity contribution in [2.75, 3.05) is 13.6 Å². The molecular weight excluding hydrogens is 230 g/mol. The van der Waals surface area contributed by atoms with Gasteiger partial charge in [0.15, 0.2) is 0 Å². The van der Waals surface area contributed by atoms with E-state index in [-0.39, 0.29) is 6.54 Å². The molecule has 0 aliphatic carbocycles. The number of hydrogen-bond acceptors (Lipinski definition) is 3. The van der Waals surface area contributed by atoms with Crippen molar-refractivity contribution in [3.63, 3.8) is 0 Å². The molecule has 5 nitrogen and oxygen atoms in total. The molecule has 0 spiro atoms. The zero-order valence-corrected chi connectivity index (χ0v) is 10.2. The summed E-state index contributed by atoms with van der Waals surface area (Å²) in [4.78, 5) is 16.3. The van der Waals surface area contributed by atoms with Crippen LogP contribution in [0.3, 0.4) is 0 Å². The molecule has 0 saturated carbocycles. The van der Waals surface area contributed by atoms with Crippen LogP contribution in [-0.4, -0.2) is 39.1 Å². The summed E-state index contributed by atoms with van der Waals surface area (Å²) in [6, 6.07) is 7.97. The van der Waals surface area contributed by atoms with Crippen LogP contribution in [0.5, 0.6) is 0 Å². The van der Waals surface area contributed by atoms with E-state index in [0.717, 1.165) is 11.3 Å². The predicted octanol–water partition coefficient (Wildman–Crippen LogP) is 1.39. The zero-order chi connectivity index (χ0) is 13.0. The number of benzene rings is 1. The number of imidazole rings is 1. The molecule has 2 aromatic rings. The highest BCUT2D eigenvalue weighted by atomic mass is 16.4. The van der Waals surface area contributed by atoms with Gasteiger partial charge in [0, 0.05) is 24.6 Å². The SMILES string of the molecule is CN(CC(=O)O)Cc1ccc(-n2ccnc2)cc1. The van der Waals surface area contributed by atoms with E-state index in [4.69, 9.17) is 5.11 Å². The van der Waals surface area contributed by atoms with E-state index in [0.29, 0.717) is 6.54 Å². The quantitative estimate of drug-likeness (QED) is 0.864. The van der Waals surface area contributed by atoms with Gasteiger partial charge >= 0.3 is 5.97 Å². The second-order valence-electron chi connectivity index (χ2n) is 4.20. The molecule has 0 radical (unpaired) electrons. The topological polar surface area (TPSA) is 58.4 Å². The lowest BCUT2D eigenvalue weighted by Crippen LogP contribution is -2.25. The third-order valence-electron chi connectivity index (χ3n) is 2.60. The number of carboxylic acids is 1. The molecule has 0 atom stereocenters. The second kappa shape index (κ2) is 5.46. The summed E-state index contributed by atoms with van der Waals surface area (Å²) in [5, 5.41) is 8.68. The van der Waals surface area contributed by atoms with Crippen LogP contribution >= 0.6 is 0 Å². The fourth-order valence-corrected chi connectivity index (χ4v) is 1.78. The third-order valence-corrected chi connectivity index (χ3v) is 2.60. The number of aliphatic carboxylic acids is 1. The Morgan fingerprint density at radius 3 is 2.67 bits per heavy atom. The molecule has 0 aliphatic rings. The van der Waals surface area contributed by atoms with Crippen LogP contribution in [-0.2, 0) is 11.3 Å². The van der Waals surface area contributed by atoms with E-state index in [1.54, 1.807) is 24.5 Å². The van der Waals surface area contributed by atoms with Crippen LogP contribution in [0.25, 0.3) is 5.69 Å². The summed E-state index contributed by atoms with van der Waals surface area (Å²) < 4.78 is 1.92. The van der Waals surface area contributed by atoms with Crippen molar-refractivity contribution in [3.8, 4) is 5.69 Å². The molecule has 2 rings (SSSR count). The number of carbonyl (C=O) groups is 1. The van der Waals surface area contributed by atoms with Gasteiger partial charge < -0.3 is 9.67 Å². The van der Waals surface area contributed by atoms with Crippen molar-refractivity contribution in [1.29, 1.82) is 0 Å². The molecule has 1 aromatic heterocycles. The monoisotopic (exact) mass is 245 g/mol. The third kappa shape index (κ3) is 3.18. The lowest BCUT2D eigenvalue weighted by Gasteiger charge is -2.14. The average Bonchev–Trinajstić information content (AvgIpc) is 2.82. The summed E-state index contributed by atoms with van der Waals surface area (Å²) in [7, 11) is 1.79. The van der Waals surface area contributed by atoms with Crippen LogP contribution in [0.4, 0.5) is 0 Å². The minimum Gasteiger partial charge on any atom is -0.480 e. The summed E-state index contributed by atoms with van der Waals surface area (Å²) in [6.45, 7) is 0.666. The first-order valence-electron chi connectivity index (χ1n) is 5.63. The van der Waals surface area contributed by atoms with E-state index in [9.17, 15) is 4.79 Å². The highest BCUT2D eigenvalue weighted by molar-refractivity contribution is 5.69. The molecule has 5 heteroatoms. The van der Waals surface area contributed by atoms with Crippen molar-refractivity contribution in [2.45, 2.75) is 6.54 Å². The fraction of sp³-hybridized carbons (Fsp3) is 0.231. The van der Waals surface area contributed by atoms with Gasteiger partial charge in [-0.15, -0.1) is 0 Å². The van der Waals surface area contributed by atoms with Crippen LogP contribution in [0.15, 0.2) is 43.0 Å². The van der Waals surface area contributed by atoms with Crippen LogP contribution in [0.1, 0.15) is 5.56 Å². The van der Waals surface area contributed by atoms with Crippen molar-refractivity contribution < 1.29 is 9.90 Å². The Morgan fingerprint density at radius 1 is 1.39 bits per heavy atom. The summed E-state index contributed by atoms with van der Waals surface area (Å²) >= 11 is 0. The molecule has 94 valence electrons. The first-order chi connectivity index (χ1) is 8.65. The summed E-state index contributed by atoms with van der Waals surface area (Å²) in [5.41, 5.74) is 2.12. The highest BCUT2D eigenvalue weighted by Crippen LogP contribution is 2.10. The predicted molar refractivity (Wildman–Crippen MR) is 67.5 cm³/mol. The molecule has 18 heavy (non-hydrogen) atoms. The number of nitrogens with zero attached hydrogens (tertiary/aromatic N) is 3. The van der Waals surface area contributed by atoms with Gasteiger partial charge in [-0.3, -0.25) is 9.69 Å². The fourth-order valence-electron chi connectivity index (χ4n) is 1.78. The molecule has 0 bridgehead atoms. The van der Waals surface area contributed by atoms with E-state index in [1.807, 2.05) is 35.0 Å². The van der Waals surface area contributed by atoms with Crippen LogP contribution < -0.4 is 0 Å². The van der Waals surface area contributed by atoms with Gasteiger partial charge in [0.05, 0.1) is 12.9 Å². The Morgan fingerprint density at radius 2 is 2.11 bits per heavy atom. The summed E-state index contributed by atoms with van der Waals surface area (Å²) in [6.07, 6.45) is 5.35. The molecule has 0 fully saturated rings. The molecule has 1 heterocycles. The van der Waals surface area contributed by atoms with Crippen LogP contribution in [0.2, 0.25) is 0 Å². The maximum atomic E-state index is 10.6. The zero-order valence-electron chi connectivity index (χ0n) is 10.2. The lowest BCUT2D eigenvalue weighted by atomic mass is 10.2. The standard InChI is InChI=1S/C13H15N3O2/c1-15(9-13(17)18)8-11-2-4-12(5-3-11)16-7-6-14-10-16/h2-7,10H,8-9H2,1H3,(H,17,18). The molecular formula is C13H15N3O2. The Bertz CT molecular complexity index is 506. The van der Waals surface area contributed by atoms with Gasteiger partial charge in [-0.2, -0.15) is 0 Å². The van der Waals surface area contributed by atoms with Gasteiger partial charge in [-0.1, -0.05) is 12.1 Å². The van der Waals surface area contributed by atoms with Gasteiger partial charge in [0.25, 0.3) is 0 Å². The molecule has 0 unspecified atom stereocenters. The Balaban J connectivity index is 2.02. The van der Waals surface area contributed by atoms with E-state index < -0.39 is 5.97 Å². The summed E-state index contributed by atoms with van der Waals surface area (Å²) in [5.74, 6) is -0.812. The molecule has 0 amide bonds. The van der Waals surface area contributed by atoms with Gasteiger partial charge in [-0.05, 0) is 24.7 Å². The van der Waals surface area contributed by atoms with E-state index in [2.05, 4.69) is 4.98 Å². The second-order valence-corrected chi connectivity index (χ2v) is 4.20. The first-order valence-corrected chi connectivity index (χ1v) is 5.63. The van der Waals surface area contributed by atoms with Crippen molar-refractivity contribution >= 4 is 5.97 Å². The van der Waals surface area contributed by atoms with E-state index in [1.165, 1.54) is 0 Å². The van der Waals surface area contributed by atoms with Crippen molar-refractivity contribution in [2.24, 2.45) is 0 Å². The van der Waals surface area contributed by atoms with Crippen molar-refractivity contribution in [1.82, 2.24) is 14.5 Å². The Labute approximate surface area is 105 Å². The molecule has 0 aliphatic heterocycles. The molecule has 1 aromatic carbocycles. The number of rotatable bonds is 5. The minimum atomic E-state index is -0.812. The molecule has 1 N–H and O–H groups in total. The number of hydrogen-bond donors (Lipinski definition) is 1. The lowest BCUT2D eigenvalue weighted by molar-refractivity contribution is -0.138. The van der Waals surface area contributed by atoms with Gasteiger partial charge in [-0.25, -0.2) is 4.98 Å². The first kappa shape index (κ1) is 12.3. The largest absolute Gasteiger partial charge is 0.480 e. The van der Waals surface area contributed by atoms with Crippen LogP contribution in [0, 0.1) is 0 Å². The van der Waals surface area contributed by atoms with Gasteiger partial charge in [0.1, 0.15) is 0 Å². The Kier molecular flexibility index (Phi) is 3.74. The van der Waals surface area contributed by atoms with E-state index >= 15 is 0 Å². The maximum Gasteiger partial charge on any atom is 0.317 e. The number of likely N-dealkylation sites (N-methyl/N-ethyl adjacent to an activating group) is 1. The average molecular weight is 245 g/mol. The smallest absolute Gasteiger partial charge is 0.317 e. The number of aromatic nitrogens is 2. The highest BCUT2D eigenvalue weighted by Gasteiger charge is 2.05.